The predicted octanol–water partition coefficient (Wildman–Crippen LogP) is 3.91. The van der Waals surface area contributed by atoms with Gasteiger partial charge in [-0.15, -0.1) is 0 Å². The van der Waals surface area contributed by atoms with Gasteiger partial charge >= 0.3 is 0 Å². The van der Waals surface area contributed by atoms with Crippen LogP contribution in [0.1, 0.15) is 65.7 Å². The van der Waals surface area contributed by atoms with E-state index >= 15 is 0 Å². The van der Waals surface area contributed by atoms with E-state index in [2.05, 4.69) is 31.0 Å². The van der Waals surface area contributed by atoms with Crippen molar-refractivity contribution in [1.82, 2.24) is 10.2 Å². The van der Waals surface area contributed by atoms with Gasteiger partial charge in [0, 0.05) is 12.6 Å². The molecule has 2 rings (SSSR count). The first-order valence-electron chi connectivity index (χ1n) is 9.18. The number of likely N-dealkylation sites (tertiary alicyclic amines) is 1. The molecule has 0 spiro atoms. The number of rotatable bonds is 6. The molecule has 1 saturated carbocycles. The fourth-order valence-corrected chi connectivity index (χ4v) is 4.34. The average molecular weight is 281 g/mol. The van der Waals surface area contributed by atoms with Crippen LogP contribution in [-0.2, 0) is 0 Å². The van der Waals surface area contributed by atoms with Crippen molar-refractivity contribution in [2.45, 2.75) is 71.8 Å². The summed E-state index contributed by atoms with van der Waals surface area (Å²) in [6.45, 7) is 12.2. The molecule has 1 aliphatic carbocycles. The van der Waals surface area contributed by atoms with Gasteiger partial charge in [-0.1, -0.05) is 33.6 Å². The first kappa shape index (κ1) is 16.3. The van der Waals surface area contributed by atoms with Gasteiger partial charge in [0.15, 0.2) is 0 Å². The van der Waals surface area contributed by atoms with E-state index in [9.17, 15) is 0 Å². The summed E-state index contributed by atoms with van der Waals surface area (Å²) in [6, 6.07) is 0.785. The smallest absolute Gasteiger partial charge is 0.0108 e. The third-order valence-electron chi connectivity index (χ3n) is 5.62. The van der Waals surface area contributed by atoms with Crippen LogP contribution in [0.25, 0.3) is 0 Å². The van der Waals surface area contributed by atoms with E-state index in [0.717, 1.165) is 30.3 Å². The first-order valence-corrected chi connectivity index (χ1v) is 9.18. The van der Waals surface area contributed by atoms with Gasteiger partial charge in [0.25, 0.3) is 0 Å². The number of nitrogens with zero attached hydrogens (tertiary/aromatic N) is 1. The van der Waals surface area contributed by atoms with Gasteiger partial charge in [-0.3, -0.25) is 0 Å². The summed E-state index contributed by atoms with van der Waals surface area (Å²) in [7, 11) is 0. The first-order chi connectivity index (χ1) is 9.72. The molecule has 2 heteroatoms. The van der Waals surface area contributed by atoms with Crippen LogP contribution >= 0.6 is 0 Å². The number of hydrogen-bond donors (Lipinski definition) is 1. The van der Waals surface area contributed by atoms with E-state index in [4.69, 9.17) is 0 Å². The molecule has 1 N–H and O–H groups in total. The van der Waals surface area contributed by atoms with Gasteiger partial charge in [-0.2, -0.15) is 0 Å². The summed E-state index contributed by atoms with van der Waals surface area (Å²) in [5.41, 5.74) is 0. The second-order valence-corrected chi connectivity index (χ2v) is 7.38. The summed E-state index contributed by atoms with van der Waals surface area (Å²) in [4.78, 5) is 2.75. The van der Waals surface area contributed by atoms with Crippen molar-refractivity contribution in [3.8, 4) is 0 Å². The van der Waals surface area contributed by atoms with Gasteiger partial charge in [-0.25, -0.2) is 0 Å². The lowest BCUT2D eigenvalue weighted by Gasteiger charge is -2.41. The molecule has 0 amide bonds. The Balaban J connectivity index is 1.85. The molecule has 2 fully saturated rings. The second-order valence-electron chi connectivity index (χ2n) is 7.38. The highest BCUT2D eigenvalue weighted by atomic mass is 15.1. The Kier molecular flexibility index (Phi) is 6.83. The predicted molar refractivity (Wildman–Crippen MR) is 88.0 cm³/mol. The molecule has 0 bridgehead atoms. The lowest BCUT2D eigenvalue weighted by atomic mass is 9.76. The second kappa shape index (κ2) is 8.38. The minimum Gasteiger partial charge on any atom is -0.314 e. The zero-order chi connectivity index (χ0) is 14.4. The highest BCUT2D eigenvalue weighted by Crippen LogP contribution is 2.33. The van der Waals surface area contributed by atoms with Crippen LogP contribution < -0.4 is 5.32 Å². The molecular weight excluding hydrogens is 244 g/mol. The maximum absolute atomic E-state index is 3.77. The van der Waals surface area contributed by atoms with Crippen LogP contribution in [0, 0.1) is 17.8 Å². The fraction of sp³-hybridized carbons (Fsp3) is 1.00. The number of hydrogen-bond acceptors (Lipinski definition) is 2. The van der Waals surface area contributed by atoms with E-state index < -0.39 is 0 Å². The van der Waals surface area contributed by atoms with Crippen LogP contribution in [0.2, 0.25) is 0 Å². The van der Waals surface area contributed by atoms with E-state index in [0.29, 0.717) is 0 Å². The Morgan fingerprint density at radius 3 is 2.45 bits per heavy atom. The minimum atomic E-state index is 0.785. The van der Waals surface area contributed by atoms with Gasteiger partial charge in [-0.05, 0) is 69.5 Å². The molecule has 2 aliphatic rings. The topological polar surface area (TPSA) is 15.3 Å². The molecule has 0 aromatic carbocycles. The van der Waals surface area contributed by atoms with Crippen LogP contribution in [0.5, 0.6) is 0 Å². The molecule has 0 radical (unpaired) electrons. The van der Waals surface area contributed by atoms with E-state index in [1.54, 1.807) is 0 Å². The Morgan fingerprint density at radius 2 is 1.80 bits per heavy atom. The Hall–Kier alpha value is -0.0800. The fourth-order valence-electron chi connectivity index (χ4n) is 4.34. The van der Waals surface area contributed by atoms with Crippen molar-refractivity contribution in [1.29, 1.82) is 0 Å². The molecule has 2 nitrogen and oxygen atoms in total. The van der Waals surface area contributed by atoms with Crippen molar-refractivity contribution in [3.05, 3.63) is 0 Å². The molecule has 1 saturated heterocycles. The summed E-state index contributed by atoms with van der Waals surface area (Å²) >= 11 is 0. The van der Waals surface area contributed by atoms with Gasteiger partial charge < -0.3 is 10.2 Å². The number of piperidine rings is 1. The Morgan fingerprint density at radius 1 is 1.05 bits per heavy atom. The van der Waals surface area contributed by atoms with Crippen molar-refractivity contribution in [3.63, 3.8) is 0 Å². The molecule has 0 aromatic heterocycles. The number of nitrogens with one attached hydrogen (secondary N) is 1. The largest absolute Gasteiger partial charge is 0.314 e. The minimum absolute atomic E-state index is 0.785. The standard InChI is InChI=1S/C18H36N2/c1-4-6-16-7-8-18(19-5-2)17(13-16)14-20-11-9-15(3)10-12-20/h15-19H,4-14H2,1-3H3. The summed E-state index contributed by atoms with van der Waals surface area (Å²) in [5.74, 6) is 2.85. The van der Waals surface area contributed by atoms with Crippen molar-refractivity contribution < 1.29 is 0 Å². The Bertz CT molecular complexity index is 258. The highest BCUT2D eigenvalue weighted by molar-refractivity contribution is 4.87. The van der Waals surface area contributed by atoms with Gasteiger partial charge in [0.2, 0.25) is 0 Å². The lowest BCUT2D eigenvalue weighted by Crippen LogP contribution is -2.47. The van der Waals surface area contributed by atoms with Crippen LogP contribution in [0.3, 0.4) is 0 Å². The third-order valence-corrected chi connectivity index (χ3v) is 5.62. The lowest BCUT2D eigenvalue weighted by molar-refractivity contribution is 0.112. The zero-order valence-corrected chi connectivity index (χ0v) is 14.0. The highest BCUT2D eigenvalue weighted by Gasteiger charge is 2.31. The van der Waals surface area contributed by atoms with Crippen molar-refractivity contribution in [2.24, 2.45) is 17.8 Å². The van der Waals surface area contributed by atoms with Crippen molar-refractivity contribution in [2.75, 3.05) is 26.2 Å². The molecular formula is C18H36N2. The monoisotopic (exact) mass is 280 g/mol. The SMILES string of the molecule is CCCC1CCC(NCC)C(CN2CCC(C)CC2)C1. The van der Waals surface area contributed by atoms with Gasteiger partial charge in [0.1, 0.15) is 0 Å². The molecule has 0 aromatic rings. The molecule has 1 aliphatic heterocycles. The Labute approximate surface area is 126 Å². The van der Waals surface area contributed by atoms with Crippen LogP contribution in [0.15, 0.2) is 0 Å². The average Bonchev–Trinajstić information content (AvgIpc) is 2.45. The van der Waals surface area contributed by atoms with E-state index in [1.165, 1.54) is 64.6 Å². The van der Waals surface area contributed by atoms with E-state index in [1.807, 2.05) is 0 Å². The van der Waals surface area contributed by atoms with Crippen molar-refractivity contribution >= 4 is 0 Å². The third kappa shape index (κ3) is 4.73. The summed E-state index contributed by atoms with van der Waals surface area (Å²) in [5, 5.41) is 3.77. The maximum atomic E-state index is 3.77. The summed E-state index contributed by atoms with van der Waals surface area (Å²) in [6.07, 6.45) is 9.98. The van der Waals surface area contributed by atoms with E-state index in [-0.39, 0.29) is 0 Å². The molecule has 1 heterocycles. The molecule has 3 atom stereocenters. The molecule has 118 valence electrons. The van der Waals surface area contributed by atoms with Gasteiger partial charge in [0.05, 0.1) is 0 Å². The quantitative estimate of drug-likeness (QED) is 0.793. The van der Waals surface area contributed by atoms with Crippen LogP contribution in [-0.4, -0.2) is 37.1 Å². The molecule has 3 unspecified atom stereocenters. The zero-order valence-electron chi connectivity index (χ0n) is 14.0. The van der Waals surface area contributed by atoms with Crippen LogP contribution in [0.4, 0.5) is 0 Å². The summed E-state index contributed by atoms with van der Waals surface area (Å²) < 4.78 is 0. The normalized spacial score (nSPS) is 33.5. The maximum Gasteiger partial charge on any atom is 0.0108 e. The molecule has 20 heavy (non-hydrogen) atoms.